The normalized spacial score (nSPS) is 12.9. The zero-order valence-electron chi connectivity index (χ0n) is 22.8. The van der Waals surface area contributed by atoms with Crippen LogP contribution in [0.25, 0.3) is 0 Å². The van der Waals surface area contributed by atoms with Gasteiger partial charge in [-0.15, -0.1) is 0 Å². The van der Waals surface area contributed by atoms with E-state index in [0.29, 0.717) is 23.9 Å². The van der Waals surface area contributed by atoms with Crippen LogP contribution in [0, 0.1) is 0 Å². The number of hydrogen-bond donors (Lipinski definition) is 1. The number of likely N-dealkylation sites (N-methyl/N-ethyl adjacent to an activating group) is 1. The van der Waals surface area contributed by atoms with Crippen LogP contribution in [0.3, 0.4) is 0 Å². The van der Waals surface area contributed by atoms with Gasteiger partial charge in [-0.3, -0.25) is 9.80 Å². The molecule has 2 aromatic carbocycles. The van der Waals surface area contributed by atoms with E-state index in [1.165, 1.54) is 0 Å². The van der Waals surface area contributed by atoms with Crippen molar-refractivity contribution in [2.24, 2.45) is 0 Å². The van der Waals surface area contributed by atoms with Gasteiger partial charge in [0.25, 0.3) is 0 Å². The van der Waals surface area contributed by atoms with Crippen LogP contribution in [-0.4, -0.2) is 40.7 Å². The third-order valence-electron chi connectivity index (χ3n) is 5.96. The van der Waals surface area contributed by atoms with Crippen molar-refractivity contribution in [1.82, 2.24) is 9.88 Å². The minimum Gasteiger partial charge on any atom is -0.473 e. The fourth-order valence-corrected chi connectivity index (χ4v) is 3.83. The van der Waals surface area contributed by atoms with Gasteiger partial charge in [-0.05, 0) is 43.7 Å². The molecular formula is C32H37N3O4. The second kappa shape index (κ2) is 15.3. The lowest BCUT2D eigenvalue weighted by Crippen LogP contribution is -2.50. The summed E-state index contributed by atoms with van der Waals surface area (Å²) in [5, 5.41) is 11.5. The lowest BCUT2D eigenvalue weighted by Gasteiger charge is -2.37. The molecule has 39 heavy (non-hydrogen) atoms. The number of aliphatic hydroxyl groups is 1. The molecule has 1 aromatic heterocycles. The van der Waals surface area contributed by atoms with Crippen LogP contribution >= 0.6 is 0 Å². The van der Waals surface area contributed by atoms with Crippen LogP contribution in [0.5, 0.6) is 11.8 Å². The molecule has 7 nitrogen and oxygen atoms in total. The Kier molecular flexibility index (Phi) is 11.5. The Balaban J connectivity index is 1.99. The van der Waals surface area contributed by atoms with Crippen molar-refractivity contribution in [2.45, 2.75) is 45.9 Å². The van der Waals surface area contributed by atoms with Gasteiger partial charge in [0.15, 0.2) is 6.35 Å². The molecule has 1 heterocycles. The first-order valence-corrected chi connectivity index (χ1v) is 13.0. The van der Waals surface area contributed by atoms with Crippen molar-refractivity contribution >= 4 is 12.0 Å². The number of ether oxygens (including phenoxy) is 2. The van der Waals surface area contributed by atoms with E-state index in [2.05, 4.69) is 11.6 Å². The van der Waals surface area contributed by atoms with Crippen molar-refractivity contribution in [3.8, 4) is 11.8 Å². The van der Waals surface area contributed by atoms with Crippen molar-refractivity contribution < 1.29 is 19.4 Å². The molecule has 7 heteroatoms. The maximum Gasteiger partial charge on any atom is 0.241 e. The third kappa shape index (κ3) is 8.40. The number of hydrogen-bond acceptors (Lipinski definition) is 7. The highest BCUT2D eigenvalue weighted by Gasteiger charge is 2.29. The number of carbonyl (C=O) groups is 1. The predicted octanol–water partition coefficient (Wildman–Crippen LogP) is 5.88. The number of carbonyl (C=O) groups excluding carboxylic acids is 1. The summed E-state index contributed by atoms with van der Waals surface area (Å²) < 4.78 is 12.2. The first-order valence-electron chi connectivity index (χ1n) is 13.0. The number of nitrogens with zero attached hydrogens (tertiary/aromatic N) is 3. The number of aromatic nitrogens is 1. The predicted molar refractivity (Wildman–Crippen MR) is 155 cm³/mol. The van der Waals surface area contributed by atoms with Crippen LogP contribution in [0.1, 0.15) is 31.4 Å². The van der Waals surface area contributed by atoms with Crippen LogP contribution in [0.4, 0.5) is 5.69 Å². The Morgan fingerprint density at radius 3 is 2.18 bits per heavy atom. The number of benzene rings is 2. The van der Waals surface area contributed by atoms with Crippen molar-refractivity contribution in [1.29, 1.82) is 0 Å². The number of aldehydes is 1. The minimum atomic E-state index is -1.25. The van der Waals surface area contributed by atoms with E-state index in [9.17, 15) is 9.90 Å². The lowest BCUT2D eigenvalue weighted by molar-refractivity contribution is -0.113. The smallest absolute Gasteiger partial charge is 0.241 e. The summed E-state index contributed by atoms with van der Waals surface area (Å²) in [5.41, 5.74) is 2.94. The Bertz CT molecular complexity index is 1240. The molecule has 0 aliphatic carbocycles. The second-order valence-corrected chi connectivity index (χ2v) is 8.86. The number of pyridine rings is 1. The monoisotopic (exact) mass is 527 g/mol. The topological polar surface area (TPSA) is 75.1 Å². The van der Waals surface area contributed by atoms with Gasteiger partial charge in [0.2, 0.25) is 11.8 Å². The van der Waals surface area contributed by atoms with Crippen molar-refractivity contribution in [3.63, 3.8) is 0 Å². The summed E-state index contributed by atoms with van der Waals surface area (Å²) in [6, 6.07) is 22.4. The molecule has 0 bridgehead atoms. The summed E-state index contributed by atoms with van der Waals surface area (Å²) >= 11 is 0. The van der Waals surface area contributed by atoms with E-state index in [1.54, 1.807) is 41.1 Å². The highest BCUT2D eigenvalue weighted by molar-refractivity contribution is 5.64. The summed E-state index contributed by atoms with van der Waals surface area (Å²) in [6.07, 6.45) is 7.57. The van der Waals surface area contributed by atoms with Crippen LogP contribution in [-0.2, 0) is 18.0 Å². The molecule has 2 unspecified atom stereocenters. The van der Waals surface area contributed by atoms with E-state index < -0.39 is 12.4 Å². The maximum atomic E-state index is 11.9. The van der Waals surface area contributed by atoms with E-state index in [1.807, 2.05) is 86.7 Å². The average Bonchev–Trinajstić information content (AvgIpc) is 2.97. The molecule has 3 aromatic rings. The number of aliphatic hydroxyl groups excluding tert-OH is 1. The molecule has 0 aliphatic heterocycles. The van der Waals surface area contributed by atoms with Crippen LogP contribution < -0.4 is 14.4 Å². The number of anilines is 1. The summed E-state index contributed by atoms with van der Waals surface area (Å²) in [5.74, 6) is 0.635. The van der Waals surface area contributed by atoms with Gasteiger partial charge in [0.1, 0.15) is 25.2 Å². The molecule has 0 amide bonds. The summed E-state index contributed by atoms with van der Waals surface area (Å²) in [7, 11) is 1.68. The van der Waals surface area contributed by atoms with Gasteiger partial charge in [0, 0.05) is 11.8 Å². The Labute approximate surface area is 231 Å². The zero-order valence-corrected chi connectivity index (χ0v) is 22.8. The fourth-order valence-electron chi connectivity index (χ4n) is 3.83. The van der Waals surface area contributed by atoms with E-state index in [-0.39, 0.29) is 12.5 Å². The molecule has 0 radical (unpaired) electrons. The molecule has 0 aliphatic rings. The molecule has 204 valence electrons. The minimum absolute atomic E-state index is 0.259. The van der Waals surface area contributed by atoms with Crippen molar-refractivity contribution in [2.75, 3.05) is 11.9 Å². The quantitative estimate of drug-likeness (QED) is 0.115. The Morgan fingerprint density at radius 2 is 1.62 bits per heavy atom. The zero-order chi connectivity index (χ0) is 28.0. The number of rotatable bonds is 15. The Morgan fingerprint density at radius 1 is 1.00 bits per heavy atom. The fraction of sp³-hybridized carbons (Fsp3) is 0.250. The van der Waals surface area contributed by atoms with Gasteiger partial charge in [0.05, 0.1) is 6.04 Å². The largest absolute Gasteiger partial charge is 0.473 e. The van der Waals surface area contributed by atoms with E-state index >= 15 is 0 Å². The standard InChI is InChI=1S/C32H37N3O4/c1-5-7-19-28(22-36)34(4)32(37)35(25(3)14-6-2)29-20-21-30(38-23-26-15-10-8-11-16-26)33-31(29)39-24-27-17-12-9-13-18-27/h6-22,28,32,37H,3,5,23-24H2,1-2,4H3/b14-6-,19-7-. The van der Waals surface area contributed by atoms with E-state index in [0.717, 1.165) is 23.8 Å². The molecule has 0 fully saturated rings. The lowest BCUT2D eigenvalue weighted by atomic mass is 10.2. The highest BCUT2D eigenvalue weighted by Crippen LogP contribution is 2.34. The molecular weight excluding hydrogens is 490 g/mol. The second-order valence-electron chi connectivity index (χ2n) is 8.86. The van der Waals surface area contributed by atoms with Gasteiger partial charge in [-0.25, -0.2) is 0 Å². The van der Waals surface area contributed by atoms with Crippen LogP contribution in [0.15, 0.2) is 109 Å². The van der Waals surface area contributed by atoms with Crippen LogP contribution in [0.2, 0.25) is 0 Å². The molecule has 0 spiro atoms. The van der Waals surface area contributed by atoms with Gasteiger partial charge < -0.3 is 19.4 Å². The van der Waals surface area contributed by atoms with Gasteiger partial charge >= 0.3 is 0 Å². The first kappa shape index (κ1) is 29.4. The average molecular weight is 528 g/mol. The van der Waals surface area contributed by atoms with E-state index in [4.69, 9.17) is 9.47 Å². The molecule has 1 N–H and O–H groups in total. The molecule has 0 saturated heterocycles. The number of allylic oxidation sites excluding steroid dienone is 3. The third-order valence-corrected chi connectivity index (χ3v) is 5.96. The molecule has 3 rings (SSSR count). The first-order chi connectivity index (χ1) is 19.0. The SMILES string of the molecule is C=C(/C=C\C)N(c1ccc(OCc2ccccc2)nc1OCc1ccccc1)C(O)N(C)C(C=O)/C=C\CC. The van der Waals surface area contributed by atoms with Crippen molar-refractivity contribution in [3.05, 3.63) is 121 Å². The molecule has 0 saturated carbocycles. The Hall–Kier alpha value is -4.20. The highest BCUT2D eigenvalue weighted by atomic mass is 16.5. The summed E-state index contributed by atoms with van der Waals surface area (Å²) in [6.45, 7) is 8.61. The molecule has 2 atom stereocenters. The van der Waals surface area contributed by atoms with Gasteiger partial charge in [-0.1, -0.05) is 92.4 Å². The van der Waals surface area contributed by atoms with Gasteiger partial charge in [-0.2, -0.15) is 4.98 Å². The maximum absolute atomic E-state index is 11.9. The summed E-state index contributed by atoms with van der Waals surface area (Å²) in [4.78, 5) is 19.7.